The number of sulfonamides is 1. The molecule has 0 radical (unpaired) electrons. The Bertz CT molecular complexity index is 1360. The molecule has 2 amide bonds. The van der Waals surface area contributed by atoms with Crippen molar-refractivity contribution >= 4 is 27.5 Å². The number of ether oxygens (including phenoxy) is 1. The molecule has 1 atom stereocenters. The summed E-state index contributed by atoms with van der Waals surface area (Å²) in [7, 11) is -2.63. The highest BCUT2D eigenvalue weighted by Gasteiger charge is 2.32. The summed E-state index contributed by atoms with van der Waals surface area (Å²) in [5.41, 5.74) is 2.21. The first-order valence-corrected chi connectivity index (χ1v) is 15.0. The number of nitrogens with zero attached hydrogens (tertiary/aromatic N) is 2. The normalized spacial score (nSPS) is 11.9. The lowest BCUT2D eigenvalue weighted by Gasteiger charge is -2.32. The number of methoxy groups -OCH3 is 1. The molecule has 0 spiro atoms. The van der Waals surface area contributed by atoms with E-state index in [1.165, 1.54) is 24.1 Å². The first-order chi connectivity index (χ1) is 19.2. The molecular formula is C31H39N3O5S. The Hall–Kier alpha value is -3.85. The maximum atomic E-state index is 13.9. The first kappa shape index (κ1) is 30.7. The molecule has 3 aromatic carbocycles. The fraction of sp³-hybridized carbons (Fsp3) is 0.355. The van der Waals surface area contributed by atoms with Crippen molar-refractivity contribution in [3.05, 3.63) is 90.0 Å². The van der Waals surface area contributed by atoms with Gasteiger partial charge in [0.15, 0.2) is 0 Å². The topological polar surface area (TPSA) is 96.0 Å². The van der Waals surface area contributed by atoms with Crippen LogP contribution in [-0.2, 0) is 26.0 Å². The predicted octanol–water partition coefficient (Wildman–Crippen LogP) is 4.58. The third-order valence-electron chi connectivity index (χ3n) is 6.71. The van der Waals surface area contributed by atoms with Gasteiger partial charge in [0.25, 0.3) is 10.0 Å². The number of hydrogen-bond donors (Lipinski definition) is 1. The summed E-state index contributed by atoms with van der Waals surface area (Å²) < 4.78 is 34.2. The van der Waals surface area contributed by atoms with Gasteiger partial charge in [-0.05, 0) is 56.5 Å². The zero-order valence-corrected chi connectivity index (χ0v) is 24.5. The molecule has 0 aliphatic carbocycles. The van der Waals surface area contributed by atoms with Crippen LogP contribution in [0.1, 0.15) is 37.8 Å². The molecular weight excluding hydrogens is 526 g/mol. The van der Waals surface area contributed by atoms with Crippen LogP contribution in [0, 0.1) is 6.92 Å². The number of hydrogen-bond acceptors (Lipinski definition) is 5. The molecule has 0 saturated carbocycles. The predicted molar refractivity (Wildman–Crippen MR) is 158 cm³/mol. The van der Waals surface area contributed by atoms with Gasteiger partial charge in [0.1, 0.15) is 18.3 Å². The molecule has 0 fully saturated rings. The van der Waals surface area contributed by atoms with Gasteiger partial charge >= 0.3 is 0 Å². The van der Waals surface area contributed by atoms with E-state index in [2.05, 4.69) is 5.32 Å². The van der Waals surface area contributed by atoms with E-state index in [0.29, 0.717) is 18.7 Å². The minimum atomic E-state index is -4.13. The van der Waals surface area contributed by atoms with Crippen LogP contribution in [0.3, 0.4) is 0 Å². The number of rotatable bonds is 14. The lowest BCUT2D eigenvalue weighted by Crippen LogP contribution is -2.52. The van der Waals surface area contributed by atoms with E-state index in [1.807, 2.05) is 44.2 Å². The summed E-state index contributed by atoms with van der Waals surface area (Å²) in [4.78, 5) is 28.5. The second kappa shape index (κ2) is 14.5. The van der Waals surface area contributed by atoms with Gasteiger partial charge in [0.05, 0.1) is 17.7 Å². The average molecular weight is 566 g/mol. The second-order valence-corrected chi connectivity index (χ2v) is 11.5. The summed E-state index contributed by atoms with van der Waals surface area (Å²) in [6.45, 7) is 5.86. The standard InChI is InChI=1S/C31H39N3O5S/c1-5-6-20-32-31(36)25(3)33(21-19-26-11-8-7-9-12-26)30(35)23-34(27-13-10-14-28(22-27)39-4)40(37,38)29-17-15-24(2)16-18-29/h7-18,22,25H,5-6,19-21,23H2,1-4H3,(H,32,36)/t25-/m0/s1. The minimum absolute atomic E-state index is 0.0647. The number of carbonyl (C=O) groups excluding carboxylic acids is 2. The lowest BCUT2D eigenvalue weighted by atomic mass is 10.1. The number of unbranched alkanes of at least 4 members (excludes halogenated alkanes) is 1. The average Bonchev–Trinajstić information content (AvgIpc) is 2.96. The second-order valence-electron chi connectivity index (χ2n) is 9.67. The summed E-state index contributed by atoms with van der Waals surface area (Å²) in [6, 6.07) is 21.9. The van der Waals surface area contributed by atoms with Gasteiger partial charge in [-0.25, -0.2) is 8.42 Å². The van der Waals surface area contributed by atoms with E-state index in [1.54, 1.807) is 43.3 Å². The van der Waals surface area contributed by atoms with Crippen LogP contribution >= 0.6 is 0 Å². The Morgan fingerprint density at radius 1 is 0.975 bits per heavy atom. The summed E-state index contributed by atoms with van der Waals surface area (Å²) >= 11 is 0. The van der Waals surface area contributed by atoms with Crippen molar-refractivity contribution in [1.82, 2.24) is 10.2 Å². The van der Waals surface area contributed by atoms with E-state index in [4.69, 9.17) is 4.74 Å². The smallest absolute Gasteiger partial charge is 0.264 e. The molecule has 3 aromatic rings. The minimum Gasteiger partial charge on any atom is -0.497 e. The molecule has 3 rings (SSSR count). The zero-order valence-electron chi connectivity index (χ0n) is 23.7. The van der Waals surface area contributed by atoms with Crippen molar-refractivity contribution in [1.29, 1.82) is 0 Å². The molecule has 0 aliphatic rings. The molecule has 0 aliphatic heterocycles. The van der Waals surface area contributed by atoms with E-state index in [-0.39, 0.29) is 23.0 Å². The van der Waals surface area contributed by atoms with Crippen LogP contribution in [0.15, 0.2) is 83.8 Å². The number of amides is 2. The van der Waals surface area contributed by atoms with Crippen LogP contribution in [0.5, 0.6) is 5.75 Å². The first-order valence-electron chi connectivity index (χ1n) is 13.5. The van der Waals surface area contributed by atoms with Gasteiger partial charge in [0, 0.05) is 19.2 Å². The Balaban J connectivity index is 1.97. The fourth-order valence-corrected chi connectivity index (χ4v) is 5.64. The van der Waals surface area contributed by atoms with Crippen LogP contribution in [-0.4, -0.2) is 57.9 Å². The molecule has 0 saturated heterocycles. The van der Waals surface area contributed by atoms with E-state index < -0.39 is 28.5 Å². The Morgan fingerprint density at radius 2 is 1.68 bits per heavy atom. The third kappa shape index (κ3) is 8.08. The molecule has 0 aromatic heterocycles. The fourth-order valence-electron chi connectivity index (χ4n) is 4.24. The summed E-state index contributed by atoms with van der Waals surface area (Å²) in [6.07, 6.45) is 2.27. The lowest BCUT2D eigenvalue weighted by molar-refractivity contribution is -0.138. The van der Waals surface area contributed by atoms with Gasteiger partial charge < -0.3 is 15.0 Å². The van der Waals surface area contributed by atoms with Crippen LogP contribution in [0.25, 0.3) is 0 Å². The van der Waals surface area contributed by atoms with Crippen molar-refractivity contribution in [3.8, 4) is 5.75 Å². The maximum Gasteiger partial charge on any atom is 0.264 e. The maximum absolute atomic E-state index is 13.9. The Morgan fingerprint density at radius 3 is 2.33 bits per heavy atom. The van der Waals surface area contributed by atoms with Crippen molar-refractivity contribution in [2.45, 2.75) is 51.0 Å². The molecule has 8 nitrogen and oxygen atoms in total. The van der Waals surface area contributed by atoms with Crippen molar-refractivity contribution in [2.24, 2.45) is 0 Å². The Labute approximate surface area is 238 Å². The van der Waals surface area contributed by atoms with E-state index >= 15 is 0 Å². The highest BCUT2D eigenvalue weighted by atomic mass is 32.2. The summed E-state index contributed by atoms with van der Waals surface area (Å²) in [5.74, 6) is -0.296. The van der Waals surface area contributed by atoms with Gasteiger partial charge in [-0.3, -0.25) is 13.9 Å². The third-order valence-corrected chi connectivity index (χ3v) is 8.50. The highest BCUT2D eigenvalue weighted by Crippen LogP contribution is 2.27. The molecule has 214 valence electrons. The molecule has 40 heavy (non-hydrogen) atoms. The van der Waals surface area contributed by atoms with Gasteiger partial charge in [0.2, 0.25) is 11.8 Å². The van der Waals surface area contributed by atoms with Crippen molar-refractivity contribution < 1.29 is 22.7 Å². The van der Waals surface area contributed by atoms with E-state index in [0.717, 1.165) is 28.3 Å². The quantitative estimate of drug-likeness (QED) is 0.289. The van der Waals surface area contributed by atoms with E-state index in [9.17, 15) is 18.0 Å². The van der Waals surface area contributed by atoms with Crippen LogP contribution in [0.2, 0.25) is 0 Å². The number of nitrogens with one attached hydrogen (secondary N) is 1. The van der Waals surface area contributed by atoms with Gasteiger partial charge in [-0.2, -0.15) is 0 Å². The number of anilines is 1. The van der Waals surface area contributed by atoms with Gasteiger partial charge in [-0.1, -0.05) is 67.4 Å². The highest BCUT2D eigenvalue weighted by molar-refractivity contribution is 7.92. The molecule has 1 N–H and O–H groups in total. The molecule has 0 heterocycles. The molecule has 0 unspecified atom stereocenters. The monoisotopic (exact) mass is 565 g/mol. The molecule has 0 bridgehead atoms. The zero-order chi connectivity index (χ0) is 29.1. The largest absolute Gasteiger partial charge is 0.497 e. The molecule has 9 heteroatoms. The van der Waals surface area contributed by atoms with Crippen molar-refractivity contribution in [2.75, 3.05) is 31.0 Å². The number of carbonyl (C=O) groups is 2. The summed E-state index contributed by atoms with van der Waals surface area (Å²) in [5, 5.41) is 2.90. The number of benzene rings is 3. The van der Waals surface area contributed by atoms with Crippen LogP contribution in [0.4, 0.5) is 5.69 Å². The SMILES string of the molecule is CCCCNC(=O)[C@H](C)N(CCc1ccccc1)C(=O)CN(c1cccc(OC)c1)S(=O)(=O)c1ccc(C)cc1. The number of aryl methyl sites for hydroxylation is 1. The van der Waals surface area contributed by atoms with Gasteiger partial charge in [-0.15, -0.1) is 0 Å². The van der Waals surface area contributed by atoms with Crippen LogP contribution < -0.4 is 14.4 Å². The Kier molecular flexibility index (Phi) is 11.1. The van der Waals surface area contributed by atoms with Crippen molar-refractivity contribution in [3.63, 3.8) is 0 Å².